The number of carbonyl (C=O) groups is 2. The molecule has 2 heterocycles. The van der Waals surface area contributed by atoms with E-state index in [9.17, 15) is 19.8 Å². The molecular formula is C23H23N3O4. The zero-order chi connectivity index (χ0) is 21.4. The molecule has 154 valence electrons. The molecule has 0 saturated heterocycles. The maximum absolute atomic E-state index is 13.0. The van der Waals surface area contributed by atoms with Crippen LogP contribution in [0.25, 0.3) is 10.9 Å². The Hall–Kier alpha value is -3.74. The van der Waals surface area contributed by atoms with E-state index >= 15 is 0 Å². The highest BCUT2D eigenvalue weighted by molar-refractivity contribution is 6.12. The molecule has 4 rings (SSSR count). The molecule has 0 saturated carbocycles. The van der Waals surface area contributed by atoms with Gasteiger partial charge in [0.2, 0.25) is 5.91 Å². The van der Waals surface area contributed by atoms with Crippen LogP contribution in [0.1, 0.15) is 35.3 Å². The van der Waals surface area contributed by atoms with Crippen LogP contribution in [0.2, 0.25) is 0 Å². The summed E-state index contributed by atoms with van der Waals surface area (Å²) in [5.41, 5.74) is 3.85. The fourth-order valence-electron chi connectivity index (χ4n) is 3.72. The number of benzene rings is 2. The second-order valence-electron chi connectivity index (χ2n) is 7.74. The zero-order valence-electron chi connectivity index (χ0n) is 16.7. The number of anilines is 1. The fraction of sp³-hybridized carbons (Fsp3) is 0.217. The van der Waals surface area contributed by atoms with E-state index in [4.69, 9.17) is 0 Å². The monoisotopic (exact) mass is 405 g/mol. The molecule has 1 aromatic heterocycles. The SMILES string of the molecule is CC(C)=CCc1ccc(O)c2c1C(=O)N[C@@H](Cc1c[nH]c3cc(O)ccc13)C(=O)N2. The molecule has 1 aliphatic rings. The number of phenols is 2. The number of nitrogens with one attached hydrogen (secondary N) is 3. The van der Waals surface area contributed by atoms with E-state index in [2.05, 4.69) is 15.6 Å². The number of hydrogen-bond donors (Lipinski definition) is 5. The molecule has 0 unspecified atom stereocenters. The first-order valence-electron chi connectivity index (χ1n) is 9.72. The summed E-state index contributed by atoms with van der Waals surface area (Å²) in [7, 11) is 0. The van der Waals surface area contributed by atoms with Crippen molar-refractivity contribution in [2.24, 2.45) is 0 Å². The van der Waals surface area contributed by atoms with Crippen LogP contribution in [0.15, 0.2) is 48.2 Å². The Morgan fingerprint density at radius 2 is 1.90 bits per heavy atom. The van der Waals surface area contributed by atoms with E-state index in [-0.39, 0.29) is 29.2 Å². The van der Waals surface area contributed by atoms with Gasteiger partial charge in [-0.1, -0.05) is 17.7 Å². The number of H-pyrrole nitrogens is 1. The fourth-order valence-corrected chi connectivity index (χ4v) is 3.72. The van der Waals surface area contributed by atoms with Crippen LogP contribution >= 0.6 is 0 Å². The highest BCUT2D eigenvalue weighted by Gasteiger charge is 2.31. The van der Waals surface area contributed by atoms with Crippen LogP contribution in [0.5, 0.6) is 11.5 Å². The van der Waals surface area contributed by atoms with Gasteiger partial charge in [0.15, 0.2) is 0 Å². The minimum Gasteiger partial charge on any atom is -0.508 e. The molecule has 0 radical (unpaired) electrons. The van der Waals surface area contributed by atoms with Crippen LogP contribution in [0, 0.1) is 0 Å². The van der Waals surface area contributed by atoms with Crippen LogP contribution < -0.4 is 10.6 Å². The molecule has 2 amide bonds. The van der Waals surface area contributed by atoms with E-state index in [0.717, 1.165) is 27.6 Å². The van der Waals surface area contributed by atoms with Gasteiger partial charge in [-0.15, -0.1) is 0 Å². The summed E-state index contributed by atoms with van der Waals surface area (Å²) in [4.78, 5) is 29.0. The van der Waals surface area contributed by atoms with Gasteiger partial charge in [-0.3, -0.25) is 9.59 Å². The van der Waals surface area contributed by atoms with Gasteiger partial charge in [-0.2, -0.15) is 0 Å². The third-order valence-corrected chi connectivity index (χ3v) is 5.27. The van der Waals surface area contributed by atoms with E-state index in [0.29, 0.717) is 6.42 Å². The van der Waals surface area contributed by atoms with Gasteiger partial charge in [-0.05, 0) is 49.6 Å². The number of fused-ring (bicyclic) bond motifs is 2. The molecule has 7 nitrogen and oxygen atoms in total. The van der Waals surface area contributed by atoms with Crippen LogP contribution in [-0.2, 0) is 17.6 Å². The number of hydrogen-bond acceptors (Lipinski definition) is 4. The largest absolute Gasteiger partial charge is 0.508 e. The molecule has 1 aliphatic heterocycles. The topological polar surface area (TPSA) is 114 Å². The molecule has 3 aromatic rings. The van der Waals surface area contributed by atoms with Gasteiger partial charge < -0.3 is 25.8 Å². The Kier molecular flexibility index (Phi) is 4.95. The summed E-state index contributed by atoms with van der Waals surface area (Å²) in [6, 6.07) is 7.33. The highest BCUT2D eigenvalue weighted by atomic mass is 16.3. The minimum atomic E-state index is -0.812. The third-order valence-electron chi connectivity index (χ3n) is 5.27. The Balaban J connectivity index is 1.67. The normalized spacial score (nSPS) is 15.9. The van der Waals surface area contributed by atoms with Gasteiger partial charge >= 0.3 is 0 Å². The molecule has 2 aromatic carbocycles. The molecule has 7 heteroatoms. The predicted octanol–water partition coefficient (Wildman–Crippen LogP) is 3.38. The van der Waals surface area contributed by atoms with Crippen molar-refractivity contribution in [3.63, 3.8) is 0 Å². The minimum absolute atomic E-state index is 0.141. The van der Waals surface area contributed by atoms with Gasteiger partial charge in [-0.25, -0.2) is 0 Å². The number of aromatic hydroxyl groups is 2. The lowest BCUT2D eigenvalue weighted by Gasteiger charge is -2.14. The lowest BCUT2D eigenvalue weighted by molar-refractivity contribution is -0.117. The number of amides is 2. The first kappa shape index (κ1) is 19.6. The summed E-state index contributed by atoms with van der Waals surface area (Å²) in [6.07, 6.45) is 4.54. The van der Waals surface area contributed by atoms with Crippen LogP contribution in [0.3, 0.4) is 0 Å². The molecule has 0 spiro atoms. The van der Waals surface area contributed by atoms with Crippen molar-refractivity contribution >= 4 is 28.4 Å². The van der Waals surface area contributed by atoms with E-state index in [1.165, 1.54) is 6.07 Å². The summed E-state index contributed by atoms with van der Waals surface area (Å²) in [5, 5.41) is 26.3. The van der Waals surface area contributed by atoms with Crippen LogP contribution in [0.4, 0.5) is 5.69 Å². The lowest BCUT2D eigenvalue weighted by atomic mass is 10.00. The van der Waals surface area contributed by atoms with Gasteiger partial charge in [0, 0.05) is 29.6 Å². The van der Waals surface area contributed by atoms with Crippen molar-refractivity contribution in [2.75, 3.05) is 5.32 Å². The van der Waals surface area contributed by atoms with Crippen molar-refractivity contribution in [1.29, 1.82) is 0 Å². The quantitative estimate of drug-likeness (QED) is 0.338. The van der Waals surface area contributed by atoms with Gasteiger partial charge in [0.1, 0.15) is 17.5 Å². The van der Waals surface area contributed by atoms with Crippen molar-refractivity contribution in [1.82, 2.24) is 10.3 Å². The number of allylic oxidation sites excluding steroid dienone is 2. The number of carbonyl (C=O) groups excluding carboxylic acids is 2. The van der Waals surface area contributed by atoms with Crippen molar-refractivity contribution < 1.29 is 19.8 Å². The van der Waals surface area contributed by atoms with Gasteiger partial charge in [0.05, 0.1) is 11.3 Å². The average molecular weight is 405 g/mol. The Labute approximate surface area is 173 Å². The summed E-state index contributed by atoms with van der Waals surface area (Å²) in [5.74, 6) is -0.798. The molecular weight excluding hydrogens is 382 g/mol. The number of aromatic nitrogens is 1. The van der Waals surface area contributed by atoms with E-state index in [1.807, 2.05) is 19.9 Å². The standard InChI is InChI=1S/C23H23N3O4/c1-12(2)3-4-13-5-8-19(28)21-20(13)23(30)25-18(22(29)26-21)9-14-11-24-17-10-15(27)6-7-16(14)17/h3,5-8,10-11,18,24,27-28H,4,9H2,1-2H3,(H,25,30)(H,26,29)/t18-/m0/s1. The third kappa shape index (κ3) is 3.61. The lowest BCUT2D eigenvalue weighted by Crippen LogP contribution is -2.42. The molecule has 0 bridgehead atoms. The van der Waals surface area contributed by atoms with Crippen molar-refractivity contribution in [2.45, 2.75) is 32.7 Å². The molecule has 0 aliphatic carbocycles. The Bertz CT molecular complexity index is 1190. The average Bonchev–Trinajstić information content (AvgIpc) is 3.03. The predicted molar refractivity (Wildman–Crippen MR) is 115 cm³/mol. The molecule has 5 N–H and O–H groups in total. The number of rotatable bonds is 4. The Morgan fingerprint density at radius 3 is 2.67 bits per heavy atom. The second-order valence-corrected chi connectivity index (χ2v) is 7.74. The molecule has 0 fully saturated rings. The first-order valence-corrected chi connectivity index (χ1v) is 9.72. The molecule has 30 heavy (non-hydrogen) atoms. The number of phenolic OH excluding ortho intramolecular Hbond substituents is 2. The summed E-state index contributed by atoms with van der Waals surface area (Å²) >= 11 is 0. The first-order chi connectivity index (χ1) is 14.3. The summed E-state index contributed by atoms with van der Waals surface area (Å²) < 4.78 is 0. The van der Waals surface area contributed by atoms with Crippen molar-refractivity contribution in [3.8, 4) is 11.5 Å². The maximum Gasteiger partial charge on any atom is 0.254 e. The maximum atomic E-state index is 13.0. The van der Waals surface area contributed by atoms with Crippen LogP contribution in [-0.4, -0.2) is 33.1 Å². The highest BCUT2D eigenvalue weighted by Crippen LogP contribution is 2.33. The van der Waals surface area contributed by atoms with Crippen molar-refractivity contribution in [3.05, 3.63) is 64.9 Å². The Morgan fingerprint density at radius 1 is 1.10 bits per heavy atom. The second kappa shape index (κ2) is 7.59. The van der Waals surface area contributed by atoms with E-state index in [1.54, 1.807) is 30.5 Å². The zero-order valence-corrected chi connectivity index (χ0v) is 16.7. The summed E-state index contributed by atoms with van der Waals surface area (Å²) in [6.45, 7) is 3.94. The number of aromatic amines is 1. The van der Waals surface area contributed by atoms with Gasteiger partial charge in [0.25, 0.3) is 5.91 Å². The van der Waals surface area contributed by atoms with E-state index < -0.39 is 17.9 Å². The smallest absolute Gasteiger partial charge is 0.254 e. The molecule has 1 atom stereocenters.